The number of aliphatic carboxylic acids is 2. The average molecular weight is 320 g/mol. The number of hydrogen-bond donors (Lipinski definition) is 3. The second-order valence-corrected chi connectivity index (χ2v) is 5.96. The predicted octanol–water partition coefficient (Wildman–Crippen LogP) is 1.42. The fourth-order valence-corrected chi connectivity index (χ4v) is 3.41. The monoisotopic (exact) mass is 320 g/mol. The summed E-state index contributed by atoms with van der Waals surface area (Å²) in [5.74, 6) is -1.41. The number of carbonyl (C=O) groups is 2. The zero-order chi connectivity index (χ0) is 16.0. The van der Waals surface area contributed by atoms with E-state index in [0.29, 0.717) is 12.2 Å². The van der Waals surface area contributed by atoms with Crippen molar-refractivity contribution in [1.82, 2.24) is 5.32 Å². The topological polar surface area (TPSA) is 99.0 Å². The quantitative estimate of drug-likeness (QED) is 0.713. The van der Waals surface area contributed by atoms with Crippen LogP contribution in [0.25, 0.3) is 0 Å². The van der Waals surface area contributed by atoms with Gasteiger partial charge in [0.25, 0.3) is 0 Å². The molecule has 0 radical (unpaired) electrons. The minimum atomic E-state index is -1.26. The van der Waals surface area contributed by atoms with E-state index in [1.807, 2.05) is 18.1 Å². The smallest absolute Gasteiger partial charge is 0.328 e. The molecule has 1 aromatic carbocycles. The third kappa shape index (κ3) is 4.36. The van der Waals surface area contributed by atoms with Gasteiger partial charge in [0.2, 0.25) is 0 Å². The Balaban J connectivity index is 0.000000192. The molecule has 0 amide bonds. The summed E-state index contributed by atoms with van der Waals surface area (Å²) in [7, 11) is 0. The van der Waals surface area contributed by atoms with Crippen LogP contribution in [0.3, 0.4) is 0 Å². The highest BCUT2D eigenvalue weighted by Crippen LogP contribution is 2.37. The molecule has 2 aliphatic heterocycles. The van der Waals surface area contributed by atoms with Gasteiger partial charge in [-0.15, -0.1) is 11.8 Å². The van der Waals surface area contributed by atoms with E-state index in [-0.39, 0.29) is 5.54 Å². The molecule has 0 aliphatic carbocycles. The van der Waals surface area contributed by atoms with E-state index in [4.69, 9.17) is 10.2 Å². The van der Waals surface area contributed by atoms with Gasteiger partial charge in [-0.2, -0.15) is 0 Å². The zero-order valence-corrected chi connectivity index (χ0v) is 12.5. The summed E-state index contributed by atoms with van der Waals surface area (Å²) in [6.07, 6.45) is 4.05. The molecular formula is C15H16N2O4S. The van der Waals surface area contributed by atoms with Crippen LogP contribution in [0.1, 0.15) is 5.56 Å². The molecular weight excluding hydrogens is 304 g/mol. The van der Waals surface area contributed by atoms with Gasteiger partial charge in [-0.3, -0.25) is 4.99 Å². The molecule has 116 valence electrons. The van der Waals surface area contributed by atoms with Crippen LogP contribution in [0.15, 0.2) is 46.3 Å². The molecule has 6 nitrogen and oxygen atoms in total. The van der Waals surface area contributed by atoms with Gasteiger partial charge in [-0.25, -0.2) is 9.59 Å². The molecule has 0 aromatic heterocycles. The summed E-state index contributed by atoms with van der Waals surface area (Å²) in [5, 5.41) is 18.8. The van der Waals surface area contributed by atoms with Crippen molar-refractivity contribution in [2.24, 2.45) is 4.99 Å². The van der Waals surface area contributed by atoms with Gasteiger partial charge < -0.3 is 15.5 Å². The van der Waals surface area contributed by atoms with Gasteiger partial charge in [0.1, 0.15) is 0 Å². The lowest BCUT2D eigenvalue weighted by Crippen LogP contribution is -2.39. The molecule has 1 atom stereocenters. The normalized spacial score (nSPS) is 21.8. The molecule has 3 N–H and O–H groups in total. The van der Waals surface area contributed by atoms with Crippen LogP contribution in [0.4, 0.5) is 0 Å². The van der Waals surface area contributed by atoms with Gasteiger partial charge in [-0.05, 0) is 11.6 Å². The Morgan fingerprint density at radius 2 is 1.91 bits per heavy atom. The Morgan fingerprint density at radius 1 is 1.23 bits per heavy atom. The van der Waals surface area contributed by atoms with Crippen molar-refractivity contribution in [2.45, 2.75) is 16.9 Å². The Hall–Kier alpha value is -2.28. The highest BCUT2D eigenvalue weighted by atomic mass is 32.2. The number of hydrogen-bond acceptors (Lipinski definition) is 5. The molecule has 0 saturated carbocycles. The van der Waals surface area contributed by atoms with E-state index < -0.39 is 11.9 Å². The molecule has 7 heteroatoms. The highest BCUT2D eigenvalue weighted by molar-refractivity contribution is 7.99. The lowest BCUT2D eigenvalue weighted by molar-refractivity contribution is -0.134. The van der Waals surface area contributed by atoms with Gasteiger partial charge in [0, 0.05) is 35.8 Å². The minimum Gasteiger partial charge on any atom is -0.478 e. The number of benzene rings is 1. The maximum Gasteiger partial charge on any atom is 0.328 e. The van der Waals surface area contributed by atoms with Crippen molar-refractivity contribution in [1.29, 1.82) is 0 Å². The Bertz CT molecular complexity index is 614. The number of nitrogens with zero attached hydrogens (tertiary/aromatic N) is 1. The Morgan fingerprint density at radius 3 is 2.50 bits per heavy atom. The number of nitrogens with one attached hydrogen (secondary N) is 1. The first-order chi connectivity index (χ1) is 10.5. The van der Waals surface area contributed by atoms with Crippen molar-refractivity contribution >= 4 is 30.0 Å². The first-order valence-electron chi connectivity index (χ1n) is 6.62. The molecule has 3 rings (SSSR count). The first kappa shape index (κ1) is 16.1. The third-order valence-corrected chi connectivity index (χ3v) is 4.61. The standard InChI is InChI=1S/C11H12N2S.C4H4O4/c1-2-4-10-9(3-1)5-11(7-14-10)6-12-8-13-11;5-3(6)1-2-4(7)8/h1-4,8H,5-7H2,(H,12,13);1-2H,(H,5,6)(H,7,8)/b;2-1+. The molecule has 0 bridgehead atoms. The van der Waals surface area contributed by atoms with Crippen LogP contribution in [0, 0.1) is 0 Å². The van der Waals surface area contributed by atoms with E-state index in [0.717, 1.165) is 18.7 Å². The zero-order valence-electron chi connectivity index (χ0n) is 11.7. The third-order valence-electron chi connectivity index (χ3n) is 3.22. The van der Waals surface area contributed by atoms with Crippen molar-refractivity contribution in [2.75, 3.05) is 12.3 Å². The van der Waals surface area contributed by atoms with Gasteiger partial charge in [0.15, 0.2) is 0 Å². The molecule has 22 heavy (non-hydrogen) atoms. The van der Waals surface area contributed by atoms with Gasteiger partial charge in [0.05, 0.1) is 11.9 Å². The molecule has 0 saturated heterocycles. The minimum absolute atomic E-state index is 0.138. The predicted molar refractivity (Wildman–Crippen MR) is 84.5 cm³/mol. The van der Waals surface area contributed by atoms with E-state index in [2.05, 4.69) is 34.6 Å². The number of carboxylic acid groups (broad SMARTS) is 2. The van der Waals surface area contributed by atoms with Crippen LogP contribution in [0.2, 0.25) is 0 Å². The molecule has 1 aromatic rings. The summed E-state index contributed by atoms with van der Waals surface area (Å²) in [6, 6.07) is 8.65. The maximum atomic E-state index is 9.55. The maximum absolute atomic E-state index is 9.55. The van der Waals surface area contributed by atoms with E-state index in [9.17, 15) is 9.59 Å². The van der Waals surface area contributed by atoms with Crippen molar-refractivity contribution in [3.05, 3.63) is 42.0 Å². The fraction of sp³-hybridized carbons (Fsp3) is 0.267. The van der Waals surface area contributed by atoms with Crippen molar-refractivity contribution in [3.63, 3.8) is 0 Å². The fourth-order valence-electron chi connectivity index (χ4n) is 2.21. The van der Waals surface area contributed by atoms with E-state index >= 15 is 0 Å². The first-order valence-corrected chi connectivity index (χ1v) is 7.61. The number of thioether (sulfide) groups is 1. The number of carboxylic acids is 2. The largest absolute Gasteiger partial charge is 0.478 e. The van der Waals surface area contributed by atoms with Crippen molar-refractivity contribution < 1.29 is 19.8 Å². The summed E-state index contributed by atoms with van der Waals surface area (Å²) < 4.78 is 0. The van der Waals surface area contributed by atoms with Crippen LogP contribution in [-0.2, 0) is 16.0 Å². The second kappa shape index (κ2) is 7.13. The average Bonchev–Trinajstić information content (AvgIpc) is 2.94. The van der Waals surface area contributed by atoms with Crippen LogP contribution < -0.4 is 5.32 Å². The van der Waals surface area contributed by atoms with Gasteiger partial charge >= 0.3 is 11.9 Å². The summed E-state index contributed by atoms with van der Waals surface area (Å²) in [4.78, 5) is 25.1. The molecule has 2 heterocycles. The van der Waals surface area contributed by atoms with Crippen LogP contribution >= 0.6 is 11.8 Å². The summed E-state index contributed by atoms with van der Waals surface area (Å²) in [6.45, 7) is 0.994. The van der Waals surface area contributed by atoms with E-state index in [1.54, 1.807) is 0 Å². The molecule has 1 unspecified atom stereocenters. The lowest BCUT2D eigenvalue weighted by Gasteiger charge is -2.30. The number of rotatable bonds is 2. The SMILES string of the molecule is C1=NC2(CN1)CSc1ccccc1C2.O=C(O)/C=C/C(=O)O. The Labute approximate surface area is 132 Å². The second-order valence-electron chi connectivity index (χ2n) is 4.95. The van der Waals surface area contributed by atoms with Crippen molar-refractivity contribution in [3.8, 4) is 0 Å². The highest BCUT2D eigenvalue weighted by Gasteiger charge is 2.35. The number of aliphatic imine (C=N–C) groups is 1. The Kier molecular flexibility index (Phi) is 5.21. The van der Waals surface area contributed by atoms with Gasteiger partial charge in [-0.1, -0.05) is 18.2 Å². The van der Waals surface area contributed by atoms with E-state index in [1.165, 1.54) is 10.5 Å². The van der Waals surface area contributed by atoms with Crippen LogP contribution in [0.5, 0.6) is 0 Å². The molecule has 2 aliphatic rings. The summed E-state index contributed by atoms with van der Waals surface area (Å²) in [5.41, 5.74) is 1.59. The lowest BCUT2D eigenvalue weighted by atomic mass is 9.93. The number of fused-ring (bicyclic) bond motifs is 1. The summed E-state index contributed by atoms with van der Waals surface area (Å²) >= 11 is 1.93. The molecule has 1 spiro atoms. The van der Waals surface area contributed by atoms with Crippen LogP contribution in [-0.4, -0.2) is 46.3 Å². The molecule has 0 fully saturated rings.